The first-order valence-corrected chi connectivity index (χ1v) is 7.01. The van der Waals surface area contributed by atoms with Crippen LogP contribution in [0.1, 0.15) is 12.8 Å². The summed E-state index contributed by atoms with van der Waals surface area (Å²) >= 11 is 0. The molecule has 1 aliphatic heterocycles. The Morgan fingerprint density at radius 2 is 1.90 bits per heavy atom. The number of aromatic nitrogens is 1. The number of fused-ring (bicyclic) bond motifs is 2. The lowest BCUT2D eigenvalue weighted by Crippen LogP contribution is -2.19. The Labute approximate surface area is 119 Å². The highest BCUT2D eigenvalue weighted by Crippen LogP contribution is 2.23. The molecule has 5 heteroatoms. The van der Waals surface area contributed by atoms with Gasteiger partial charge in [-0.25, -0.2) is 4.39 Å². The third-order valence-corrected chi connectivity index (χ3v) is 3.93. The van der Waals surface area contributed by atoms with E-state index in [-0.39, 0.29) is 22.1 Å². The van der Waals surface area contributed by atoms with Gasteiger partial charge in [-0.3, -0.25) is 4.79 Å². The number of para-hydroxylation sites is 1. The summed E-state index contributed by atoms with van der Waals surface area (Å²) in [5.41, 5.74) is -0.0747. The lowest BCUT2D eigenvalue weighted by molar-refractivity contribution is 0.573. The molecule has 2 aromatic heterocycles. The molecular formula is C16H13FN2O2. The summed E-state index contributed by atoms with van der Waals surface area (Å²) in [5, 5.41) is 0.634. The van der Waals surface area contributed by atoms with Gasteiger partial charge in [0, 0.05) is 13.1 Å². The number of anilines is 1. The van der Waals surface area contributed by atoms with E-state index in [4.69, 9.17) is 4.42 Å². The molecule has 0 aliphatic carbocycles. The van der Waals surface area contributed by atoms with Gasteiger partial charge in [0.05, 0.1) is 10.8 Å². The van der Waals surface area contributed by atoms with Crippen molar-refractivity contribution in [3.8, 4) is 0 Å². The van der Waals surface area contributed by atoms with Gasteiger partial charge in [-0.1, -0.05) is 6.07 Å². The maximum absolute atomic E-state index is 13.8. The Balaban J connectivity index is 2.00. The largest absolute Gasteiger partial charge is 0.434 e. The van der Waals surface area contributed by atoms with Gasteiger partial charge < -0.3 is 9.32 Å². The predicted molar refractivity (Wildman–Crippen MR) is 79.2 cm³/mol. The Morgan fingerprint density at radius 3 is 2.71 bits per heavy atom. The summed E-state index contributed by atoms with van der Waals surface area (Å²) in [6, 6.07) is 7.90. The first-order chi connectivity index (χ1) is 10.2. The first-order valence-electron chi connectivity index (χ1n) is 7.01. The maximum Gasteiger partial charge on any atom is 0.232 e. The molecule has 1 aliphatic rings. The number of halogens is 1. The van der Waals surface area contributed by atoms with Gasteiger partial charge >= 0.3 is 0 Å². The molecule has 3 heterocycles. The van der Waals surface area contributed by atoms with E-state index < -0.39 is 5.82 Å². The second-order valence-corrected chi connectivity index (χ2v) is 5.26. The average molecular weight is 284 g/mol. The fourth-order valence-corrected chi connectivity index (χ4v) is 2.84. The minimum Gasteiger partial charge on any atom is -0.434 e. The Bertz CT molecular complexity index is 898. The van der Waals surface area contributed by atoms with Crippen LogP contribution in [0.3, 0.4) is 0 Å². The molecule has 3 aromatic rings. The van der Waals surface area contributed by atoms with Crippen molar-refractivity contribution in [1.82, 2.24) is 4.98 Å². The molecule has 4 nitrogen and oxygen atoms in total. The molecule has 106 valence electrons. The highest BCUT2D eigenvalue weighted by atomic mass is 19.1. The summed E-state index contributed by atoms with van der Waals surface area (Å²) in [5.74, 6) is 0.235. The highest BCUT2D eigenvalue weighted by molar-refractivity contribution is 5.88. The van der Waals surface area contributed by atoms with Crippen LogP contribution in [0.2, 0.25) is 0 Å². The standard InChI is InChI=1S/C16H13FN2O2/c17-12-5-3-4-10-14(20)11-6-7-13(19-8-1-2-9-19)18-16(11)21-15(10)12/h3-7H,1-2,8-9H2. The SMILES string of the molecule is O=c1c2ccc(N3CCCC3)nc2oc2c(F)cccc12. The van der Waals surface area contributed by atoms with Crippen LogP contribution in [0.15, 0.2) is 39.5 Å². The van der Waals surface area contributed by atoms with Crippen LogP contribution in [0.25, 0.3) is 22.1 Å². The van der Waals surface area contributed by atoms with Crippen LogP contribution < -0.4 is 10.3 Å². The summed E-state index contributed by atoms with van der Waals surface area (Å²) in [6.45, 7) is 1.90. The van der Waals surface area contributed by atoms with Crippen LogP contribution in [0.5, 0.6) is 0 Å². The first kappa shape index (κ1) is 12.3. The summed E-state index contributed by atoms with van der Waals surface area (Å²) < 4.78 is 19.4. The normalized spacial score (nSPS) is 15.2. The van der Waals surface area contributed by atoms with Gasteiger partial charge in [-0.05, 0) is 37.1 Å². The molecule has 0 radical (unpaired) electrons. The minimum atomic E-state index is -0.542. The Morgan fingerprint density at radius 1 is 1.10 bits per heavy atom. The van der Waals surface area contributed by atoms with Crippen molar-refractivity contribution in [1.29, 1.82) is 0 Å². The number of nitrogens with zero attached hydrogens (tertiary/aromatic N) is 2. The molecule has 0 atom stereocenters. The van der Waals surface area contributed by atoms with Gasteiger partial charge in [0.1, 0.15) is 5.82 Å². The van der Waals surface area contributed by atoms with Crippen molar-refractivity contribution in [3.05, 3.63) is 46.4 Å². The van der Waals surface area contributed by atoms with E-state index in [1.807, 2.05) is 6.07 Å². The van der Waals surface area contributed by atoms with Crippen LogP contribution >= 0.6 is 0 Å². The fourth-order valence-electron chi connectivity index (χ4n) is 2.84. The van der Waals surface area contributed by atoms with Crippen LogP contribution in [0.4, 0.5) is 10.2 Å². The molecular weight excluding hydrogens is 271 g/mol. The number of benzene rings is 1. The molecule has 1 saturated heterocycles. The van der Waals surface area contributed by atoms with Gasteiger partial charge in [0.15, 0.2) is 11.4 Å². The topological polar surface area (TPSA) is 46.3 Å². The molecule has 0 unspecified atom stereocenters. The zero-order chi connectivity index (χ0) is 14.4. The monoisotopic (exact) mass is 284 g/mol. The van der Waals surface area contributed by atoms with Crippen molar-refractivity contribution in [2.24, 2.45) is 0 Å². The quantitative estimate of drug-likeness (QED) is 0.644. The van der Waals surface area contributed by atoms with Gasteiger partial charge in [0.2, 0.25) is 11.1 Å². The molecule has 4 rings (SSSR count). The van der Waals surface area contributed by atoms with Crippen LogP contribution in [-0.2, 0) is 0 Å². The molecule has 0 N–H and O–H groups in total. The zero-order valence-corrected chi connectivity index (χ0v) is 11.3. The van der Waals surface area contributed by atoms with E-state index in [9.17, 15) is 9.18 Å². The molecule has 0 bridgehead atoms. The number of rotatable bonds is 1. The fraction of sp³-hybridized carbons (Fsp3) is 0.250. The zero-order valence-electron chi connectivity index (χ0n) is 11.3. The van der Waals surface area contributed by atoms with Crippen molar-refractivity contribution in [2.75, 3.05) is 18.0 Å². The third-order valence-electron chi connectivity index (χ3n) is 3.93. The highest BCUT2D eigenvalue weighted by Gasteiger charge is 2.16. The van der Waals surface area contributed by atoms with E-state index in [1.165, 1.54) is 12.1 Å². The Hall–Kier alpha value is -2.43. The summed E-state index contributed by atoms with van der Waals surface area (Å²) in [4.78, 5) is 18.9. The van der Waals surface area contributed by atoms with Gasteiger partial charge in [0.25, 0.3) is 0 Å². The van der Waals surface area contributed by atoms with Crippen molar-refractivity contribution >= 4 is 27.9 Å². The summed E-state index contributed by atoms with van der Waals surface area (Å²) in [7, 11) is 0. The number of hydrogen-bond acceptors (Lipinski definition) is 4. The Kier molecular flexibility index (Phi) is 2.67. The number of hydrogen-bond donors (Lipinski definition) is 0. The third kappa shape index (κ3) is 1.88. The lowest BCUT2D eigenvalue weighted by Gasteiger charge is -2.16. The molecule has 0 saturated carbocycles. The van der Waals surface area contributed by atoms with E-state index in [1.54, 1.807) is 12.1 Å². The van der Waals surface area contributed by atoms with E-state index in [0.29, 0.717) is 5.39 Å². The second-order valence-electron chi connectivity index (χ2n) is 5.26. The molecule has 0 amide bonds. The van der Waals surface area contributed by atoms with Crippen molar-refractivity contribution < 1.29 is 8.81 Å². The smallest absolute Gasteiger partial charge is 0.232 e. The molecule has 1 aromatic carbocycles. The maximum atomic E-state index is 13.8. The molecule has 0 spiro atoms. The van der Waals surface area contributed by atoms with E-state index in [0.717, 1.165) is 31.7 Å². The lowest BCUT2D eigenvalue weighted by atomic mass is 10.2. The molecule has 21 heavy (non-hydrogen) atoms. The second kappa shape index (κ2) is 4.55. The number of pyridine rings is 1. The summed E-state index contributed by atoms with van der Waals surface area (Å²) in [6.07, 6.45) is 2.27. The minimum absolute atomic E-state index is 0.0268. The average Bonchev–Trinajstić information content (AvgIpc) is 3.02. The van der Waals surface area contributed by atoms with E-state index >= 15 is 0 Å². The van der Waals surface area contributed by atoms with Crippen molar-refractivity contribution in [3.63, 3.8) is 0 Å². The van der Waals surface area contributed by atoms with Gasteiger partial charge in [-0.15, -0.1) is 0 Å². The molecule has 1 fully saturated rings. The van der Waals surface area contributed by atoms with Gasteiger partial charge in [-0.2, -0.15) is 4.98 Å². The van der Waals surface area contributed by atoms with Crippen LogP contribution in [-0.4, -0.2) is 18.1 Å². The predicted octanol–water partition coefficient (Wildman–Crippen LogP) is 3.08. The van der Waals surface area contributed by atoms with Crippen LogP contribution in [0, 0.1) is 5.82 Å². The van der Waals surface area contributed by atoms with E-state index in [2.05, 4.69) is 9.88 Å². The van der Waals surface area contributed by atoms with Crippen molar-refractivity contribution in [2.45, 2.75) is 12.8 Å².